The van der Waals surface area contributed by atoms with Crippen LogP contribution in [0.1, 0.15) is 52.9 Å². The molecule has 9 heteroatoms. The van der Waals surface area contributed by atoms with Gasteiger partial charge in [-0.2, -0.15) is 26.3 Å². The van der Waals surface area contributed by atoms with E-state index < -0.39 is 35.7 Å². The quantitative estimate of drug-likeness (QED) is 0.525. The Morgan fingerprint density at radius 1 is 0.926 bits per heavy atom. The Morgan fingerprint density at radius 3 is 1.81 bits per heavy atom. The van der Waals surface area contributed by atoms with Crippen LogP contribution in [0.5, 0.6) is 0 Å². The summed E-state index contributed by atoms with van der Waals surface area (Å²) in [6, 6.07) is 0. The van der Waals surface area contributed by atoms with Crippen molar-refractivity contribution in [2.75, 3.05) is 6.61 Å². The van der Waals surface area contributed by atoms with Crippen LogP contribution >= 0.6 is 0 Å². The van der Waals surface area contributed by atoms with E-state index in [-0.39, 0.29) is 36.8 Å². The molecule has 0 saturated heterocycles. The lowest BCUT2D eigenvalue weighted by Crippen LogP contribution is -2.58. The van der Waals surface area contributed by atoms with E-state index in [1.165, 1.54) is 0 Å². The number of hydrogen-bond acceptors (Lipinski definition) is 3. The third-order valence-corrected chi connectivity index (χ3v) is 5.98. The maximum atomic E-state index is 12.9. The van der Waals surface area contributed by atoms with Gasteiger partial charge >= 0.3 is 18.3 Å². The minimum atomic E-state index is -5.76. The van der Waals surface area contributed by atoms with Crippen LogP contribution in [-0.2, 0) is 9.53 Å². The van der Waals surface area contributed by atoms with Crippen molar-refractivity contribution in [3.05, 3.63) is 0 Å². The number of halogens is 6. The summed E-state index contributed by atoms with van der Waals surface area (Å²) in [6.07, 6.45) is -11.0. The van der Waals surface area contributed by atoms with Crippen molar-refractivity contribution in [3.63, 3.8) is 0 Å². The summed E-state index contributed by atoms with van der Waals surface area (Å²) in [4.78, 5) is 11.7. The molecule has 3 nitrogen and oxygen atoms in total. The van der Waals surface area contributed by atoms with Crippen LogP contribution in [0.4, 0.5) is 26.3 Å². The predicted molar refractivity (Wildman–Crippen MR) is 84.5 cm³/mol. The maximum absolute atomic E-state index is 12.9. The third kappa shape index (κ3) is 4.54. The highest BCUT2D eigenvalue weighted by Gasteiger charge is 2.71. The largest absolute Gasteiger partial charge is 0.465 e. The van der Waals surface area contributed by atoms with Crippen LogP contribution < -0.4 is 0 Å². The van der Waals surface area contributed by atoms with Crippen molar-refractivity contribution in [2.45, 2.75) is 70.8 Å². The van der Waals surface area contributed by atoms with E-state index in [1.807, 2.05) is 0 Å². The van der Waals surface area contributed by atoms with Crippen molar-refractivity contribution >= 4 is 5.97 Å². The van der Waals surface area contributed by atoms with Crippen molar-refractivity contribution in [1.29, 1.82) is 0 Å². The van der Waals surface area contributed by atoms with Gasteiger partial charge in [-0.1, -0.05) is 0 Å². The van der Waals surface area contributed by atoms with Gasteiger partial charge in [0.1, 0.15) is 0 Å². The first-order chi connectivity index (χ1) is 12.1. The summed E-state index contributed by atoms with van der Waals surface area (Å²) in [7, 11) is 0. The molecular weight excluding hydrogens is 378 g/mol. The Kier molecular flexibility index (Phi) is 5.88. The molecule has 0 aliphatic heterocycles. The summed E-state index contributed by atoms with van der Waals surface area (Å²) in [5.41, 5.74) is -5.29. The molecule has 0 aromatic heterocycles. The van der Waals surface area contributed by atoms with Crippen molar-refractivity contribution in [1.82, 2.24) is 0 Å². The number of aliphatic hydroxyl groups is 1. The average Bonchev–Trinajstić information content (AvgIpc) is 3.03. The van der Waals surface area contributed by atoms with Crippen LogP contribution in [0.15, 0.2) is 0 Å². The molecule has 27 heavy (non-hydrogen) atoms. The molecule has 158 valence electrons. The van der Waals surface area contributed by atoms with Gasteiger partial charge in [-0.25, -0.2) is 0 Å². The van der Waals surface area contributed by atoms with Gasteiger partial charge in [-0.3, -0.25) is 4.79 Å². The summed E-state index contributed by atoms with van der Waals surface area (Å²) < 4.78 is 82.6. The second kappa shape index (κ2) is 7.12. The summed E-state index contributed by atoms with van der Waals surface area (Å²) >= 11 is 0. The van der Waals surface area contributed by atoms with Gasteiger partial charge in [-0.15, -0.1) is 0 Å². The molecule has 2 rings (SSSR count). The lowest BCUT2D eigenvalue weighted by molar-refractivity contribution is -0.373. The van der Waals surface area contributed by atoms with Gasteiger partial charge in [0.05, 0.1) is 12.0 Å². The second-order valence-electron chi connectivity index (χ2n) is 8.98. The molecule has 0 radical (unpaired) electrons. The maximum Gasteiger partial charge on any atom is 0.426 e. The molecule has 2 aliphatic carbocycles. The Morgan fingerprint density at radius 2 is 1.41 bits per heavy atom. The minimum Gasteiger partial charge on any atom is -0.465 e. The van der Waals surface area contributed by atoms with Crippen LogP contribution in [0, 0.1) is 29.1 Å². The zero-order chi connectivity index (χ0) is 20.8. The van der Waals surface area contributed by atoms with Crippen molar-refractivity contribution < 1.29 is 41.0 Å². The number of fused-ring (bicyclic) bond motifs is 2. The van der Waals surface area contributed by atoms with Gasteiger partial charge in [0, 0.05) is 0 Å². The van der Waals surface area contributed by atoms with Gasteiger partial charge in [0.25, 0.3) is 5.60 Å². The molecule has 0 spiro atoms. The Hall–Kier alpha value is -0.990. The van der Waals surface area contributed by atoms with Crippen LogP contribution in [0.3, 0.4) is 0 Å². The first kappa shape index (κ1) is 22.3. The molecule has 0 aromatic carbocycles. The summed E-state index contributed by atoms with van der Waals surface area (Å²) in [6.45, 7) is 5.36. The normalized spacial score (nSPS) is 29.3. The molecule has 2 bridgehead atoms. The molecule has 2 aliphatic rings. The molecule has 0 aromatic rings. The van der Waals surface area contributed by atoms with Crippen molar-refractivity contribution in [3.8, 4) is 0 Å². The van der Waals surface area contributed by atoms with Crippen LogP contribution in [0.25, 0.3) is 0 Å². The Balaban J connectivity index is 1.90. The molecular formula is C18H26F6O3. The Labute approximate surface area is 154 Å². The van der Waals surface area contributed by atoms with E-state index in [4.69, 9.17) is 4.74 Å². The number of rotatable bonds is 5. The van der Waals surface area contributed by atoms with E-state index in [1.54, 1.807) is 20.8 Å². The van der Waals surface area contributed by atoms with E-state index in [2.05, 4.69) is 0 Å². The van der Waals surface area contributed by atoms with Crippen LogP contribution in [-0.4, -0.2) is 35.6 Å². The number of hydrogen-bond donors (Lipinski definition) is 1. The number of carbonyl (C=O) groups excluding carboxylic acids is 1. The first-order valence-electron chi connectivity index (χ1n) is 9.09. The van der Waals surface area contributed by atoms with Crippen LogP contribution in [0.2, 0.25) is 0 Å². The van der Waals surface area contributed by atoms with Crippen molar-refractivity contribution in [2.24, 2.45) is 29.1 Å². The SMILES string of the molecule is CC(C)(C)C(=O)OCCC1CC2CC1CC2CC(O)(C(F)(F)F)C(F)(F)F. The highest BCUT2D eigenvalue weighted by Crippen LogP contribution is 2.57. The van der Waals surface area contributed by atoms with Gasteiger partial charge < -0.3 is 9.84 Å². The highest BCUT2D eigenvalue weighted by molar-refractivity contribution is 5.75. The fourth-order valence-corrected chi connectivity index (χ4v) is 4.41. The van der Waals surface area contributed by atoms with E-state index >= 15 is 0 Å². The zero-order valence-electron chi connectivity index (χ0n) is 15.6. The second-order valence-corrected chi connectivity index (χ2v) is 8.98. The number of alkyl halides is 6. The van der Waals surface area contributed by atoms with E-state index in [0.29, 0.717) is 19.3 Å². The molecule has 2 saturated carbocycles. The van der Waals surface area contributed by atoms with E-state index in [0.717, 1.165) is 0 Å². The lowest BCUT2D eigenvalue weighted by Gasteiger charge is -2.37. The number of esters is 1. The summed E-state index contributed by atoms with van der Waals surface area (Å²) in [5.74, 6) is -1.28. The third-order valence-electron chi connectivity index (χ3n) is 5.98. The average molecular weight is 404 g/mol. The highest BCUT2D eigenvalue weighted by atomic mass is 19.4. The minimum absolute atomic E-state index is 0.0130. The molecule has 4 atom stereocenters. The number of carbonyl (C=O) groups is 1. The van der Waals surface area contributed by atoms with Gasteiger partial charge in [-0.05, 0) is 76.5 Å². The fourth-order valence-electron chi connectivity index (χ4n) is 4.41. The predicted octanol–water partition coefficient (Wildman–Crippen LogP) is 4.87. The molecule has 1 N–H and O–H groups in total. The lowest BCUT2D eigenvalue weighted by atomic mass is 9.75. The summed E-state index contributed by atoms with van der Waals surface area (Å²) in [5, 5.41) is 9.41. The molecule has 4 unspecified atom stereocenters. The monoisotopic (exact) mass is 404 g/mol. The zero-order valence-corrected chi connectivity index (χ0v) is 15.6. The van der Waals surface area contributed by atoms with E-state index in [9.17, 15) is 36.2 Å². The standard InChI is InChI=1S/C18H26F6O3/c1-15(2,3)14(25)27-5-4-10-6-12-7-11(10)8-13(12)9-16(26,17(19,20)21)18(22,23)24/h10-13,26H,4-9H2,1-3H3. The first-order valence-corrected chi connectivity index (χ1v) is 9.09. The number of ether oxygens (including phenoxy) is 1. The smallest absolute Gasteiger partial charge is 0.426 e. The molecule has 0 heterocycles. The Bertz CT molecular complexity index is 535. The molecule has 0 amide bonds. The molecule has 2 fully saturated rings. The van der Waals surface area contributed by atoms with Gasteiger partial charge in [0.2, 0.25) is 0 Å². The fraction of sp³-hybridized carbons (Fsp3) is 0.944. The van der Waals surface area contributed by atoms with Gasteiger partial charge in [0.15, 0.2) is 0 Å². The topological polar surface area (TPSA) is 46.5 Å².